The lowest BCUT2D eigenvalue weighted by molar-refractivity contribution is -0.141. The maximum Gasteiger partial charge on any atom is 0.415 e. The van der Waals surface area contributed by atoms with Gasteiger partial charge in [-0.3, -0.25) is 9.69 Å². The first-order valence-electron chi connectivity index (χ1n) is 8.02. The Morgan fingerprint density at radius 3 is 2.81 bits per heavy atom. The third kappa shape index (κ3) is 2.20. The predicted octanol–water partition coefficient (Wildman–Crippen LogP) is 1.50. The molecule has 0 spiro atoms. The van der Waals surface area contributed by atoms with Crippen molar-refractivity contribution in [2.24, 2.45) is 0 Å². The van der Waals surface area contributed by atoms with Gasteiger partial charge in [-0.1, -0.05) is 0 Å². The summed E-state index contributed by atoms with van der Waals surface area (Å²) in [5.74, 6) is -6.44. The van der Waals surface area contributed by atoms with Gasteiger partial charge in [-0.25, -0.2) is 14.0 Å². The molecule has 3 heterocycles. The van der Waals surface area contributed by atoms with E-state index in [1.807, 2.05) is 0 Å². The van der Waals surface area contributed by atoms with Gasteiger partial charge in [-0.2, -0.15) is 8.78 Å². The highest BCUT2D eigenvalue weighted by Crippen LogP contribution is 2.53. The molecule has 0 saturated carbocycles. The van der Waals surface area contributed by atoms with Gasteiger partial charge < -0.3 is 19.7 Å². The normalized spacial score (nSPS) is 24.5. The number of carbonyl (C=O) groups excluding carboxylic acids is 3. The summed E-state index contributed by atoms with van der Waals surface area (Å²) in [5, 5.41) is 2.38. The Kier molecular flexibility index (Phi) is 3.56. The van der Waals surface area contributed by atoms with Crippen LogP contribution in [0.1, 0.15) is 11.1 Å². The van der Waals surface area contributed by atoms with Crippen LogP contribution in [0.2, 0.25) is 0 Å². The quantitative estimate of drug-likeness (QED) is 0.834. The van der Waals surface area contributed by atoms with Crippen molar-refractivity contribution in [2.45, 2.75) is 24.5 Å². The van der Waals surface area contributed by atoms with Gasteiger partial charge in [0.05, 0.1) is 36.6 Å². The molecule has 3 amide bonds. The fourth-order valence-electron chi connectivity index (χ4n) is 3.88. The number of rotatable bonds is 2. The van der Waals surface area contributed by atoms with Crippen LogP contribution in [0.4, 0.5) is 34.1 Å². The molecule has 1 saturated heterocycles. The van der Waals surface area contributed by atoms with Crippen LogP contribution in [0.25, 0.3) is 0 Å². The summed E-state index contributed by atoms with van der Waals surface area (Å²) < 4.78 is 53.2. The molecule has 1 aromatic rings. The van der Waals surface area contributed by atoms with Crippen LogP contribution in [0.15, 0.2) is 6.07 Å². The maximum atomic E-state index is 14.5. The van der Waals surface area contributed by atoms with E-state index in [9.17, 15) is 27.6 Å². The van der Waals surface area contributed by atoms with Gasteiger partial charge >= 0.3 is 24.0 Å². The molecule has 3 aliphatic heterocycles. The summed E-state index contributed by atoms with van der Waals surface area (Å²) in [6.45, 7) is -0.104. The van der Waals surface area contributed by atoms with E-state index in [1.54, 1.807) is 0 Å². The van der Waals surface area contributed by atoms with Crippen molar-refractivity contribution >= 4 is 29.5 Å². The highest BCUT2D eigenvalue weighted by atomic mass is 19.3. The number of cyclic esters (lactones) is 1. The van der Waals surface area contributed by atoms with Crippen molar-refractivity contribution < 1.29 is 37.0 Å². The van der Waals surface area contributed by atoms with Crippen molar-refractivity contribution in [1.29, 1.82) is 0 Å². The number of nitrogens with one attached hydrogen (secondary N) is 1. The number of likely N-dealkylation sites (N-methyl/N-ethyl adjacent to an activating group) is 1. The van der Waals surface area contributed by atoms with Gasteiger partial charge in [0, 0.05) is 13.1 Å². The second-order valence-electron chi connectivity index (χ2n) is 6.45. The molecule has 2 atom stereocenters. The van der Waals surface area contributed by atoms with Crippen molar-refractivity contribution in [3.63, 3.8) is 0 Å². The highest BCUT2D eigenvalue weighted by molar-refractivity contribution is 6.08. The van der Waals surface area contributed by atoms with Crippen LogP contribution >= 0.6 is 0 Å². The molecule has 0 bridgehead atoms. The first kappa shape index (κ1) is 17.4. The maximum absolute atomic E-state index is 14.5. The van der Waals surface area contributed by atoms with Gasteiger partial charge in [0.25, 0.3) is 0 Å². The predicted molar refractivity (Wildman–Crippen MR) is 84.4 cm³/mol. The molecule has 0 aliphatic carbocycles. The van der Waals surface area contributed by atoms with E-state index in [1.165, 1.54) is 0 Å². The Balaban J connectivity index is 1.75. The molecule has 1 N–H and O–H groups in total. The molecule has 11 heteroatoms. The number of nitrogens with zero attached hydrogens (tertiary/aromatic N) is 2. The van der Waals surface area contributed by atoms with Crippen LogP contribution < -0.4 is 15.1 Å². The SMILES string of the molecule is COC(=O)NC[C@@H]1OC(=O)N2c3cc(F)c4c(c3C[C@@H]12)C(F)(F)C(=O)N4C. The van der Waals surface area contributed by atoms with Crippen molar-refractivity contribution in [3.8, 4) is 0 Å². The minimum atomic E-state index is -3.89. The van der Waals surface area contributed by atoms with E-state index in [-0.39, 0.29) is 24.2 Å². The number of fused-ring (bicyclic) bond motifs is 5. The lowest BCUT2D eigenvalue weighted by Crippen LogP contribution is -2.40. The molecule has 144 valence electrons. The fourth-order valence-corrected chi connectivity index (χ4v) is 3.88. The van der Waals surface area contributed by atoms with E-state index in [0.717, 1.165) is 25.1 Å². The standard InChI is InChI=1S/C16H14F3N3O5/c1-21-12-7(17)4-8-6(11(12)16(18,19)13(21)23)3-9-10(5-20-14(24)26-2)27-15(25)22(8)9/h4,9-10H,3,5H2,1-2H3,(H,20,24)/t9-,10-/m0/s1. The zero-order chi connectivity index (χ0) is 19.7. The molecule has 0 aromatic heterocycles. The Morgan fingerprint density at radius 2 is 2.15 bits per heavy atom. The number of methoxy groups -OCH3 is 1. The molecule has 1 aromatic carbocycles. The van der Waals surface area contributed by atoms with Crippen molar-refractivity contribution in [3.05, 3.63) is 23.0 Å². The Labute approximate surface area is 150 Å². The van der Waals surface area contributed by atoms with Gasteiger partial charge in [0.1, 0.15) is 11.9 Å². The summed E-state index contributed by atoms with van der Waals surface area (Å²) >= 11 is 0. The third-order valence-corrected chi connectivity index (χ3v) is 5.08. The van der Waals surface area contributed by atoms with E-state index in [0.29, 0.717) is 4.90 Å². The molecule has 0 unspecified atom stereocenters. The Morgan fingerprint density at radius 1 is 1.44 bits per heavy atom. The van der Waals surface area contributed by atoms with Gasteiger partial charge in [0.15, 0.2) is 0 Å². The van der Waals surface area contributed by atoms with Crippen LogP contribution in [-0.2, 0) is 26.6 Å². The third-order valence-electron chi connectivity index (χ3n) is 5.08. The Hall–Kier alpha value is -2.98. The number of carbonyl (C=O) groups is 3. The van der Waals surface area contributed by atoms with Gasteiger partial charge in [0.2, 0.25) is 0 Å². The average Bonchev–Trinajstić information content (AvgIpc) is 3.19. The lowest BCUT2D eigenvalue weighted by Gasteiger charge is -2.16. The second kappa shape index (κ2) is 5.51. The monoisotopic (exact) mass is 385 g/mol. The smallest absolute Gasteiger partial charge is 0.415 e. The summed E-state index contributed by atoms with van der Waals surface area (Å²) in [5.41, 5.74) is -1.22. The van der Waals surface area contributed by atoms with E-state index < -0.39 is 53.2 Å². The minimum Gasteiger partial charge on any atom is -0.453 e. The number of alkyl carbamates (subject to hydrolysis) is 1. The molecule has 0 radical (unpaired) electrons. The second-order valence-corrected chi connectivity index (χ2v) is 6.45. The number of hydrogen-bond donors (Lipinski definition) is 1. The minimum absolute atomic E-state index is 0.0267. The zero-order valence-corrected chi connectivity index (χ0v) is 14.2. The molecule has 1 fully saturated rings. The van der Waals surface area contributed by atoms with Gasteiger partial charge in [-0.15, -0.1) is 0 Å². The van der Waals surface area contributed by atoms with Crippen LogP contribution in [0.5, 0.6) is 0 Å². The largest absolute Gasteiger partial charge is 0.453 e. The van der Waals surface area contributed by atoms with Crippen LogP contribution in [0.3, 0.4) is 0 Å². The Bertz CT molecular complexity index is 891. The molecular formula is C16H14F3N3O5. The lowest BCUT2D eigenvalue weighted by atomic mass is 9.96. The number of benzene rings is 1. The zero-order valence-electron chi connectivity index (χ0n) is 14.2. The van der Waals surface area contributed by atoms with Gasteiger partial charge in [-0.05, 0) is 12.0 Å². The number of alkyl halides is 2. The summed E-state index contributed by atoms with van der Waals surface area (Å²) in [6, 6.07) is 0.240. The summed E-state index contributed by atoms with van der Waals surface area (Å²) in [6.07, 6.45) is -2.49. The topological polar surface area (TPSA) is 88.2 Å². The number of ether oxygens (including phenoxy) is 2. The fraction of sp³-hybridized carbons (Fsp3) is 0.438. The molecule has 3 aliphatic rings. The van der Waals surface area contributed by atoms with E-state index >= 15 is 0 Å². The highest BCUT2D eigenvalue weighted by Gasteiger charge is 2.58. The van der Waals surface area contributed by atoms with Crippen LogP contribution in [-0.4, -0.2) is 50.9 Å². The summed E-state index contributed by atoms with van der Waals surface area (Å²) in [4.78, 5) is 37.0. The number of anilines is 2. The molecule has 8 nitrogen and oxygen atoms in total. The number of halogens is 3. The van der Waals surface area contributed by atoms with Crippen molar-refractivity contribution in [1.82, 2.24) is 5.32 Å². The molecule has 4 rings (SSSR count). The number of amides is 3. The number of hydrogen-bond acceptors (Lipinski definition) is 5. The molecule has 27 heavy (non-hydrogen) atoms. The first-order chi connectivity index (χ1) is 12.7. The molecular weight excluding hydrogens is 371 g/mol. The van der Waals surface area contributed by atoms with E-state index in [4.69, 9.17) is 4.74 Å². The summed E-state index contributed by atoms with van der Waals surface area (Å²) in [7, 11) is 2.24. The van der Waals surface area contributed by atoms with Crippen LogP contribution in [0, 0.1) is 5.82 Å². The average molecular weight is 385 g/mol. The van der Waals surface area contributed by atoms with Crippen molar-refractivity contribution in [2.75, 3.05) is 30.5 Å². The van der Waals surface area contributed by atoms with E-state index in [2.05, 4.69) is 10.1 Å². The first-order valence-corrected chi connectivity index (χ1v) is 8.02.